The number of hydrogen-bond acceptors (Lipinski definition) is 6. The van der Waals surface area contributed by atoms with E-state index in [9.17, 15) is 13.2 Å². The van der Waals surface area contributed by atoms with Crippen molar-refractivity contribution in [3.05, 3.63) is 53.3 Å². The first-order valence-electron chi connectivity index (χ1n) is 12.3. The van der Waals surface area contributed by atoms with Crippen LogP contribution in [0.15, 0.2) is 40.9 Å². The summed E-state index contributed by atoms with van der Waals surface area (Å²) < 4.78 is 35.6. The summed E-state index contributed by atoms with van der Waals surface area (Å²) in [7, 11) is -3.84. The minimum atomic E-state index is -3.84. The second-order valence-electron chi connectivity index (χ2n) is 9.61. The number of ether oxygens (including phenoxy) is 1. The predicted molar refractivity (Wildman–Crippen MR) is 134 cm³/mol. The number of amidine groups is 1. The van der Waals surface area contributed by atoms with E-state index in [2.05, 4.69) is 14.1 Å². The molecule has 10 heteroatoms. The maximum absolute atomic E-state index is 13.3. The third-order valence-electron chi connectivity index (χ3n) is 7.07. The van der Waals surface area contributed by atoms with Gasteiger partial charge in [0, 0.05) is 42.4 Å². The Kier molecular flexibility index (Phi) is 6.64. The first kappa shape index (κ1) is 23.6. The van der Waals surface area contributed by atoms with Crippen LogP contribution >= 0.6 is 0 Å². The van der Waals surface area contributed by atoms with E-state index in [-0.39, 0.29) is 17.7 Å². The number of nitrogens with zero attached hydrogens (tertiary/aromatic N) is 3. The molecule has 35 heavy (non-hydrogen) atoms. The lowest BCUT2D eigenvalue weighted by atomic mass is 9.86. The number of anilines is 1. The molecule has 0 radical (unpaired) electrons. The molecule has 5 rings (SSSR count). The SMILES string of the molecule is NC1=NS(=O)(=O)Nc2cccc(OC[C@H]3CCCN(C(=O)c4ccnc(C5CCCCC5)c4)C3)c21. The molecule has 1 aromatic carbocycles. The number of likely N-dealkylation sites (tertiary alicyclic amines) is 1. The van der Waals surface area contributed by atoms with Crippen LogP contribution in [0.5, 0.6) is 5.75 Å². The summed E-state index contributed by atoms with van der Waals surface area (Å²) in [5.41, 5.74) is 8.45. The van der Waals surface area contributed by atoms with E-state index in [0.717, 1.165) is 37.9 Å². The van der Waals surface area contributed by atoms with Crippen LogP contribution in [-0.4, -0.2) is 49.7 Å². The van der Waals surface area contributed by atoms with Crippen LogP contribution < -0.4 is 15.2 Å². The Morgan fingerprint density at radius 1 is 1.14 bits per heavy atom. The lowest BCUT2D eigenvalue weighted by molar-refractivity contribution is 0.0633. The van der Waals surface area contributed by atoms with E-state index in [4.69, 9.17) is 10.5 Å². The van der Waals surface area contributed by atoms with Crippen molar-refractivity contribution >= 4 is 27.6 Å². The highest BCUT2D eigenvalue weighted by molar-refractivity contribution is 7.91. The van der Waals surface area contributed by atoms with Crippen molar-refractivity contribution in [3.8, 4) is 5.75 Å². The number of hydrogen-bond donors (Lipinski definition) is 2. The smallest absolute Gasteiger partial charge is 0.344 e. The molecule has 9 nitrogen and oxygen atoms in total. The summed E-state index contributed by atoms with van der Waals surface area (Å²) in [5.74, 6) is 1.03. The lowest BCUT2D eigenvalue weighted by Crippen LogP contribution is -2.41. The number of nitrogens with one attached hydrogen (secondary N) is 1. The van der Waals surface area contributed by atoms with Gasteiger partial charge in [-0.3, -0.25) is 14.5 Å². The van der Waals surface area contributed by atoms with Gasteiger partial charge in [0.25, 0.3) is 5.91 Å². The molecular weight excluding hydrogens is 466 g/mol. The van der Waals surface area contributed by atoms with Gasteiger partial charge in [0.1, 0.15) is 5.75 Å². The lowest BCUT2D eigenvalue weighted by Gasteiger charge is -2.33. The van der Waals surface area contributed by atoms with Gasteiger partial charge in [0.15, 0.2) is 5.84 Å². The first-order valence-corrected chi connectivity index (χ1v) is 13.7. The van der Waals surface area contributed by atoms with Gasteiger partial charge in [-0.1, -0.05) is 25.3 Å². The average Bonchev–Trinajstić information content (AvgIpc) is 2.87. The summed E-state index contributed by atoms with van der Waals surface area (Å²) >= 11 is 0. The molecule has 1 saturated carbocycles. The minimum absolute atomic E-state index is 0.0389. The summed E-state index contributed by atoms with van der Waals surface area (Å²) in [4.78, 5) is 19.8. The zero-order chi connectivity index (χ0) is 24.4. The highest BCUT2D eigenvalue weighted by atomic mass is 32.2. The standard InChI is InChI=1S/C25H31N5O4S/c26-24-23-20(28-35(32,33)29-24)9-4-10-22(23)34-16-17-6-5-13-30(15-17)25(31)19-11-12-27-21(14-19)18-7-2-1-3-8-18/h4,9-12,14,17-18,28H,1-3,5-8,13,15-16H2,(H2,26,29)/t17-/m0/s1. The van der Waals surface area contributed by atoms with E-state index < -0.39 is 10.2 Å². The van der Waals surface area contributed by atoms with Crippen molar-refractivity contribution in [2.45, 2.75) is 50.9 Å². The fourth-order valence-corrected chi connectivity index (χ4v) is 6.16. The molecule has 0 spiro atoms. The van der Waals surface area contributed by atoms with Gasteiger partial charge in [-0.25, -0.2) is 0 Å². The number of amides is 1. The van der Waals surface area contributed by atoms with Crippen LogP contribution in [0, 0.1) is 5.92 Å². The summed E-state index contributed by atoms with van der Waals surface area (Å²) in [6.45, 7) is 1.72. The topological polar surface area (TPSA) is 127 Å². The van der Waals surface area contributed by atoms with Gasteiger partial charge in [-0.2, -0.15) is 8.42 Å². The van der Waals surface area contributed by atoms with Crippen LogP contribution in [0.25, 0.3) is 0 Å². The fourth-order valence-electron chi connectivity index (χ4n) is 5.32. The summed E-state index contributed by atoms with van der Waals surface area (Å²) in [6, 6.07) is 8.88. The summed E-state index contributed by atoms with van der Waals surface area (Å²) in [6.07, 6.45) is 9.64. The molecule has 1 saturated heterocycles. The van der Waals surface area contributed by atoms with E-state index in [1.165, 1.54) is 19.3 Å². The second-order valence-corrected chi connectivity index (χ2v) is 10.9. The molecule has 2 aromatic rings. The van der Waals surface area contributed by atoms with Crippen molar-refractivity contribution in [1.82, 2.24) is 9.88 Å². The van der Waals surface area contributed by atoms with Crippen molar-refractivity contribution in [2.24, 2.45) is 16.0 Å². The Hall–Kier alpha value is -3.14. The van der Waals surface area contributed by atoms with Crippen molar-refractivity contribution < 1.29 is 17.9 Å². The Bertz CT molecular complexity index is 1240. The average molecular weight is 498 g/mol. The number of aromatic nitrogens is 1. The maximum Gasteiger partial charge on any atom is 0.344 e. The molecule has 2 aliphatic heterocycles. The van der Waals surface area contributed by atoms with Crippen molar-refractivity contribution in [2.75, 3.05) is 24.4 Å². The quantitative estimate of drug-likeness (QED) is 0.652. The Morgan fingerprint density at radius 2 is 1.97 bits per heavy atom. The highest BCUT2D eigenvalue weighted by Crippen LogP contribution is 2.33. The van der Waals surface area contributed by atoms with Gasteiger partial charge in [-0.05, 0) is 49.9 Å². The number of nitrogens with two attached hydrogens (primary N) is 1. The zero-order valence-corrected chi connectivity index (χ0v) is 20.5. The molecule has 3 aliphatic rings. The molecule has 1 aromatic heterocycles. The highest BCUT2D eigenvalue weighted by Gasteiger charge is 2.28. The normalized spacial score (nSPS) is 22.0. The third-order valence-corrected chi connectivity index (χ3v) is 7.99. The van der Waals surface area contributed by atoms with Gasteiger partial charge in [0.2, 0.25) is 0 Å². The predicted octanol–water partition coefficient (Wildman–Crippen LogP) is 3.44. The largest absolute Gasteiger partial charge is 0.492 e. The Balaban J connectivity index is 1.24. The second kappa shape index (κ2) is 9.85. The number of piperidine rings is 1. The number of pyridine rings is 1. The molecule has 2 fully saturated rings. The summed E-state index contributed by atoms with van der Waals surface area (Å²) in [5, 5.41) is 0. The molecule has 3 N–H and O–H groups in total. The molecule has 3 heterocycles. The molecule has 186 valence electrons. The van der Waals surface area contributed by atoms with Gasteiger partial charge >= 0.3 is 10.2 Å². The number of fused-ring (bicyclic) bond motifs is 1. The van der Waals surface area contributed by atoms with E-state index >= 15 is 0 Å². The number of carbonyl (C=O) groups excluding carboxylic acids is 1. The zero-order valence-electron chi connectivity index (χ0n) is 19.7. The first-order chi connectivity index (χ1) is 16.9. The van der Waals surface area contributed by atoms with Crippen LogP contribution in [0.4, 0.5) is 5.69 Å². The fraction of sp³-hybridized carbons (Fsp3) is 0.480. The van der Waals surface area contributed by atoms with E-state index in [0.29, 0.717) is 41.6 Å². The van der Waals surface area contributed by atoms with Crippen molar-refractivity contribution in [3.63, 3.8) is 0 Å². The molecule has 1 aliphatic carbocycles. The number of carbonyl (C=O) groups is 1. The number of rotatable bonds is 5. The van der Waals surface area contributed by atoms with Gasteiger partial charge < -0.3 is 15.4 Å². The third kappa shape index (κ3) is 5.27. The molecular formula is C25H31N5O4S. The van der Waals surface area contributed by atoms with E-state index in [1.54, 1.807) is 24.4 Å². The van der Waals surface area contributed by atoms with Crippen molar-refractivity contribution in [1.29, 1.82) is 0 Å². The van der Waals surface area contributed by atoms with Crippen LogP contribution in [0.2, 0.25) is 0 Å². The van der Waals surface area contributed by atoms with Crippen LogP contribution in [0.1, 0.15) is 72.5 Å². The van der Waals surface area contributed by atoms with Crippen LogP contribution in [-0.2, 0) is 10.2 Å². The van der Waals surface area contributed by atoms with E-state index in [1.807, 2.05) is 17.0 Å². The Labute approximate surface area is 206 Å². The van der Waals surface area contributed by atoms with Crippen LogP contribution in [0.3, 0.4) is 0 Å². The minimum Gasteiger partial charge on any atom is -0.492 e. The Morgan fingerprint density at radius 3 is 2.80 bits per heavy atom. The number of benzene rings is 1. The maximum atomic E-state index is 13.3. The monoisotopic (exact) mass is 497 g/mol. The molecule has 0 bridgehead atoms. The molecule has 0 unspecified atom stereocenters. The molecule has 1 atom stereocenters. The van der Waals surface area contributed by atoms with Gasteiger partial charge in [0.05, 0.1) is 17.9 Å². The molecule has 1 amide bonds. The van der Waals surface area contributed by atoms with Gasteiger partial charge in [-0.15, -0.1) is 4.40 Å².